The van der Waals surface area contributed by atoms with Crippen LogP contribution in [-0.4, -0.2) is 43.6 Å². The number of β-amino-alcohol motifs (C(OH)–C–C–N with tert-alkyl or cyclic N) is 1. The van der Waals surface area contributed by atoms with Crippen LogP contribution in [0.25, 0.3) is 0 Å². The number of benzene rings is 1. The summed E-state index contributed by atoms with van der Waals surface area (Å²) in [7, 11) is -3.53. The van der Waals surface area contributed by atoms with Crippen molar-refractivity contribution >= 4 is 10.0 Å². The molecule has 6 heteroatoms. The molecule has 0 bridgehead atoms. The van der Waals surface area contributed by atoms with Gasteiger partial charge in [-0.05, 0) is 50.5 Å². The molecular formula is C14H21NO4S. The van der Waals surface area contributed by atoms with E-state index in [1.807, 2.05) is 13.8 Å². The molecule has 1 atom stereocenters. The lowest BCUT2D eigenvalue weighted by atomic mass is 10.1. The first-order valence-corrected chi connectivity index (χ1v) is 8.31. The molecule has 0 unspecified atom stereocenters. The Balaban J connectivity index is 2.27. The van der Waals surface area contributed by atoms with Gasteiger partial charge in [0.1, 0.15) is 5.75 Å². The Kier molecular flexibility index (Phi) is 4.67. The Morgan fingerprint density at radius 3 is 2.80 bits per heavy atom. The minimum absolute atomic E-state index is 0.175. The number of aliphatic hydroxyl groups excluding tert-OH is 1. The molecule has 0 aliphatic carbocycles. The third-order valence-corrected chi connectivity index (χ3v) is 5.30. The first-order chi connectivity index (χ1) is 9.45. The van der Waals surface area contributed by atoms with Gasteiger partial charge in [0, 0.05) is 13.1 Å². The number of nitrogens with zero attached hydrogens (tertiary/aromatic N) is 1. The minimum atomic E-state index is -3.53. The van der Waals surface area contributed by atoms with Crippen molar-refractivity contribution in [3.63, 3.8) is 0 Å². The van der Waals surface area contributed by atoms with Crippen molar-refractivity contribution in [2.75, 3.05) is 19.7 Å². The summed E-state index contributed by atoms with van der Waals surface area (Å²) in [5, 5.41) is 9.63. The summed E-state index contributed by atoms with van der Waals surface area (Å²) in [6.07, 6.45) is 0.785. The average molecular weight is 299 g/mol. The molecule has 112 valence electrons. The molecule has 2 rings (SSSR count). The number of ether oxygens (including phenoxy) is 1. The van der Waals surface area contributed by atoms with Crippen LogP contribution in [-0.2, 0) is 10.0 Å². The van der Waals surface area contributed by atoms with Crippen molar-refractivity contribution in [1.29, 1.82) is 0 Å². The standard InChI is InChI=1S/C14H21NO4S/c1-3-19-14-7-6-13(9-11(14)2)20(17,18)15-8-4-5-12(16)10-15/h6-7,9,12,16H,3-5,8,10H2,1-2H3/t12-/m0/s1. The molecule has 1 saturated heterocycles. The second kappa shape index (κ2) is 6.11. The molecule has 5 nitrogen and oxygen atoms in total. The number of rotatable bonds is 4. The number of aryl methyl sites for hydroxylation is 1. The van der Waals surface area contributed by atoms with Crippen LogP contribution in [0.4, 0.5) is 0 Å². The van der Waals surface area contributed by atoms with E-state index >= 15 is 0 Å². The predicted molar refractivity (Wildman–Crippen MR) is 76.3 cm³/mol. The lowest BCUT2D eigenvalue weighted by molar-refractivity contribution is 0.108. The Morgan fingerprint density at radius 2 is 2.20 bits per heavy atom. The topological polar surface area (TPSA) is 66.8 Å². The fourth-order valence-corrected chi connectivity index (χ4v) is 3.99. The van der Waals surface area contributed by atoms with Crippen LogP contribution < -0.4 is 4.74 Å². The SMILES string of the molecule is CCOc1ccc(S(=O)(=O)N2CCC[C@H](O)C2)cc1C. The molecule has 1 N–H and O–H groups in total. The molecular weight excluding hydrogens is 278 g/mol. The first kappa shape index (κ1) is 15.3. The van der Waals surface area contributed by atoms with Crippen LogP contribution in [0.15, 0.2) is 23.1 Å². The average Bonchev–Trinajstić information content (AvgIpc) is 2.41. The summed E-state index contributed by atoms with van der Waals surface area (Å²) in [6.45, 7) is 4.90. The van der Waals surface area contributed by atoms with Gasteiger partial charge in [-0.25, -0.2) is 8.42 Å². The molecule has 0 radical (unpaired) electrons. The summed E-state index contributed by atoms with van der Waals surface area (Å²) in [4.78, 5) is 0.257. The van der Waals surface area contributed by atoms with Crippen molar-refractivity contribution in [1.82, 2.24) is 4.31 Å². The van der Waals surface area contributed by atoms with E-state index in [2.05, 4.69) is 0 Å². The highest BCUT2D eigenvalue weighted by molar-refractivity contribution is 7.89. The lowest BCUT2D eigenvalue weighted by Gasteiger charge is -2.29. The van der Waals surface area contributed by atoms with E-state index in [1.54, 1.807) is 18.2 Å². The highest BCUT2D eigenvalue weighted by atomic mass is 32.2. The lowest BCUT2D eigenvalue weighted by Crippen LogP contribution is -2.42. The van der Waals surface area contributed by atoms with E-state index in [9.17, 15) is 13.5 Å². The van der Waals surface area contributed by atoms with Gasteiger partial charge in [-0.15, -0.1) is 0 Å². The molecule has 0 amide bonds. The van der Waals surface area contributed by atoms with Crippen molar-refractivity contribution in [3.05, 3.63) is 23.8 Å². The van der Waals surface area contributed by atoms with E-state index in [-0.39, 0.29) is 11.4 Å². The molecule has 1 heterocycles. The zero-order valence-corrected chi connectivity index (χ0v) is 12.7. The van der Waals surface area contributed by atoms with Gasteiger partial charge in [-0.3, -0.25) is 0 Å². The van der Waals surface area contributed by atoms with Gasteiger partial charge in [0.15, 0.2) is 0 Å². The fraction of sp³-hybridized carbons (Fsp3) is 0.571. The van der Waals surface area contributed by atoms with E-state index in [0.29, 0.717) is 31.7 Å². The minimum Gasteiger partial charge on any atom is -0.494 e. The van der Waals surface area contributed by atoms with Gasteiger partial charge in [0.05, 0.1) is 17.6 Å². The molecule has 0 spiro atoms. The van der Waals surface area contributed by atoms with Crippen LogP contribution in [0.2, 0.25) is 0 Å². The molecule has 0 aromatic heterocycles. The largest absolute Gasteiger partial charge is 0.494 e. The molecule has 20 heavy (non-hydrogen) atoms. The maximum Gasteiger partial charge on any atom is 0.243 e. The van der Waals surface area contributed by atoms with Crippen molar-refractivity contribution in [3.8, 4) is 5.75 Å². The fourth-order valence-electron chi connectivity index (χ4n) is 2.39. The van der Waals surface area contributed by atoms with Gasteiger partial charge < -0.3 is 9.84 Å². The van der Waals surface area contributed by atoms with Crippen molar-refractivity contribution in [2.45, 2.75) is 37.7 Å². The quantitative estimate of drug-likeness (QED) is 0.916. The Labute approximate surface area is 120 Å². The normalized spacial score (nSPS) is 20.9. The van der Waals surface area contributed by atoms with Crippen LogP contribution in [0, 0.1) is 6.92 Å². The van der Waals surface area contributed by atoms with Crippen LogP contribution >= 0.6 is 0 Å². The third-order valence-electron chi connectivity index (χ3n) is 3.44. The van der Waals surface area contributed by atoms with Crippen LogP contribution in [0.1, 0.15) is 25.3 Å². The zero-order valence-electron chi connectivity index (χ0n) is 11.9. The summed E-state index contributed by atoms with van der Waals surface area (Å²) in [6, 6.07) is 4.88. The molecule has 1 aromatic rings. The molecule has 1 aliphatic rings. The van der Waals surface area contributed by atoms with E-state index in [0.717, 1.165) is 5.56 Å². The second-order valence-electron chi connectivity index (χ2n) is 5.02. The number of piperidine rings is 1. The third kappa shape index (κ3) is 3.13. The van der Waals surface area contributed by atoms with Gasteiger partial charge in [0.25, 0.3) is 0 Å². The Hall–Kier alpha value is -1.11. The van der Waals surface area contributed by atoms with Gasteiger partial charge >= 0.3 is 0 Å². The first-order valence-electron chi connectivity index (χ1n) is 6.87. The monoisotopic (exact) mass is 299 g/mol. The number of hydrogen-bond acceptors (Lipinski definition) is 4. The molecule has 1 fully saturated rings. The highest BCUT2D eigenvalue weighted by Crippen LogP contribution is 2.25. The number of sulfonamides is 1. The van der Waals surface area contributed by atoms with Crippen LogP contribution in [0.3, 0.4) is 0 Å². The highest BCUT2D eigenvalue weighted by Gasteiger charge is 2.29. The predicted octanol–water partition coefficient (Wildman–Crippen LogP) is 1.54. The van der Waals surface area contributed by atoms with E-state index < -0.39 is 16.1 Å². The van der Waals surface area contributed by atoms with Crippen molar-refractivity contribution in [2.24, 2.45) is 0 Å². The van der Waals surface area contributed by atoms with Gasteiger partial charge in [0.2, 0.25) is 10.0 Å². The summed E-state index contributed by atoms with van der Waals surface area (Å²) >= 11 is 0. The second-order valence-corrected chi connectivity index (χ2v) is 6.96. The molecule has 0 saturated carbocycles. The van der Waals surface area contributed by atoms with Crippen molar-refractivity contribution < 1.29 is 18.3 Å². The van der Waals surface area contributed by atoms with Gasteiger partial charge in [-0.1, -0.05) is 0 Å². The Morgan fingerprint density at radius 1 is 1.45 bits per heavy atom. The maximum absolute atomic E-state index is 12.5. The Bertz CT molecular complexity index is 571. The van der Waals surface area contributed by atoms with Crippen LogP contribution in [0.5, 0.6) is 5.75 Å². The number of aliphatic hydroxyl groups is 1. The van der Waals surface area contributed by atoms with Gasteiger partial charge in [-0.2, -0.15) is 4.31 Å². The summed E-state index contributed by atoms with van der Waals surface area (Å²) in [5.41, 5.74) is 0.797. The number of hydrogen-bond donors (Lipinski definition) is 1. The molecule has 1 aromatic carbocycles. The maximum atomic E-state index is 12.5. The molecule has 1 aliphatic heterocycles. The smallest absolute Gasteiger partial charge is 0.243 e. The van der Waals surface area contributed by atoms with E-state index in [1.165, 1.54) is 4.31 Å². The van der Waals surface area contributed by atoms with E-state index in [4.69, 9.17) is 4.74 Å². The zero-order chi connectivity index (χ0) is 14.8. The summed E-state index contributed by atoms with van der Waals surface area (Å²) in [5.74, 6) is 0.699. The summed E-state index contributed by atoms with van der Waals surface area (Å²) < 4.78 is 31.8.